The van der Waals surface area contributed by atoms with Crippen LogP contribution in [-0.4, -0.2) is 26.3 Å². The van der Waals surface area contributed by atoms with Crippen molar-refractivity contribution < 1.29 is 13.5 Å². The maximum absolute atomic E-state index is 13.4. The van der Waals surface area contributed by atoms with Gasteiger partial charge in [-0.3, -0.25) is 0 Å². The number of benzene rings is 1. The minimum atomic E-state index is -0.411. The van der Waals surface area contributed by atoms with Crippen molar-refractivity contribution in [1.29, 1.82) is 0 Å². The van der Waals surface area contributed by atoms with Crippen molar-refractivity contribution in [2.45, 2.75) is 25.8 Å². The summed E-state index contributed by atoms with van der Waals surface area (Å²) in [6, 6.07) is 3.52. The largest absolute Gasteiger partial charge is 0.380 e. The van der Waals surface area contributed by atoms with Crippen molar-refractivity contribution in [3.8, 4) is 0 Å². The number of hydrogen-bond acceptors (Lipinski definition) is 2. The Labute approximate surface area is 101 Å². The molecule has 0 heterocycles. The standard InChI is InChI=1S/C13H19F2NO/c1-3-6-17-9-12(16-2)8-10-7-11(14)4-5-13(10)15/h4-5,7,12,16H,3,6,8-9H2,1-2H3. The van der Waals surface area contributed by atoms with Crippen molar-refractivity contribution in [2.24, 2.45) is 0 Å². The van der Waals surface area contributed by atoms with Crippen LogP contribution in [0.5, 0.6) is 0 Å². The van der Waals surface area contributed by atoms with Gasteiger partial charge in [0.25, 0.3) is 0 Å². The Kier molecular flexibility index (Phi) is 6.08. The van der Waals surface area contributed by atoms with E-state index in [9.17, 15) is 8.78 Å². The molecule has 0 aliphatic rings. The molecule has 0 aliphatic heterocycles. The first-order valence-corrected chi connectivity index (χ1v) is 5.86. The van der Waals surface area contributed by atoms with E-state index in [4.69, 9.17) is 4.74 Å². The third-order valence-corrected chi connectivity index (χ3v) is 2.55. The molecular weight excluding hydrogens is 224 g/mol. The van der Waals surface area contributed by atoms with Crippen molar-refractivity contribution in [2.75, 3.05) is 20.3 Å². The van der Waals surface area contributed by atoms with Gasteiger partial charge in [0, 0.05) is 12.6 Å². The summed E-state index contributed by atoms with van der Waals surface area (Å²) in [6.45, 7) is 3.21. The van der Waals surface area contributed by atoms with E-state index in [-0.39, 0.29) is 11.9 Å². The van der Waals surface area contributed by atoms with E-state index < -0.39 is 5.82 Å². The molecule has 0 radical (unpaired) electrons. The van der Waals surface area contributed by atoms with E-state index in [0.29, 0.717) is 25.2 Å². The molecule has 0 fully saturated rings. The van der Waals surface area contributed by atoms with E-state index in [1.54, 1.807) is 7.05 Å². The topological polar surface area (TPSA) is 21.3 Å². The molecule has 17 heavy (non-hydrogen) atoms. The Hall–Kier alpha value is -1.00. The van der Waals surface area contributed by atoms with E-state index >= 15 is 0 Å². The molecular formula is C13H19F2NO. The quantitative estimate of drug-likeness (QED) is 0.743. The Morgan fingerprint density at radius 2 is 2.12 bits per heavy atom. The maximum atomic E-state index is 13.4. The highest BCUT2D eigenvalue weighted by atomic mass is 19.1. The number of hydrogen-bond donors (Lipinski definition) is 1. The van der Waals surface area contributed by atoms with E-state index in [0.717, 1.165) is 18.6 Å². The fraction of sp³-hybridized carbons (Fsp3) is 0.538. The molecule has 1 unspecified atom stereocenters. The van der Waals surface area contributed by atoms with Gasteiger partial charge in [-0.25, -0.2) is 8.78 Å². The number of likely N-dealkylation sites (N-methyl/N-ethyl adjacent to an activating group) is 1. The monoisotopic (exact) mass is 243 g/mol. The summed E-state index contributed by atoms with van der Waals surface area (Å²) < 4.78 is 31.8. The minimum Gasteiger partial charge on any atom is -0.380 e. The molecule has 0 saturated carbocycles. The minimum absolute atomic E-state index is 0.00199. The van der Waals surface area contributed by atoms with Gasteiger partial charge in [-0.2, -0.15) is 0 Å². The lowest BCUT2D eigenvalue weighted by Gasteiger charge is -2.16. The van der Waals surface area contributed by atoms with Crippen LogP contribution in [0.3, 0.4) is 0 Å². The Bertz CT molecular complexity index is 344. The highest BCUT2D eigenvalue weighted by Gasteiger charge is 2.11. The van der Waals surface area contributed by atoms with Crippen molar-refractivity contribution in [3.63, 3.8) is 0 Å². The van der Waals surface area contributed by atoms with Crippen molar-refractivity contribution in [3.05, 3.63) is 35.4 Å². The Balaban J connectivity index is 2.57. The smallest absolute Gasteiger partial charge is 0.126 e. The van der Waals surface area contributed by atoms with Gasteiger partial charge in [-0.05, 0) is 43.7 Å². The fourth-order valence-corrected chi connectivity index (χ4v) is 1.58. The average Bonchev–Trinajstić information content (AvgIpc) is 2.32. The summed E-state index contributed by atoms with van der Waals surface area (Å²) in [4.78, 5) is 0. The van der Waals surface area contributed by atoms with E-state index in [2.05, 4.69) is 5.32 Å². The number of ether oxygens (including phenoxy) is 1. The predicted molar refractivity (Wildman–Crippen MR) is 64.0 cm³/mol. The van der Waals surface area contributed by atoms with E-state index in [1.165, 1.54) is 6.07 Å². The second-order valence-corrected chi connectivity index (χ2v) is 4.00. The fourth-order valence-electron chi connectivity index (χ4n) is 1.58. The molecule has 0 aliphatic carbocycles. The highest BCUT2D eigenvalue weighted by Crippen LogP contribution is 2.12. The second kappa shape index (κ2) is 7.35. The molecule has 0 bridgehead atoms. The molecule has 0 aromatic heterocycles. The van der Waals surface area contributed by atoms with Crippen LogP contribution in [0.1, 0.15) is 18.9 Å². The summed E-state index contributed by atoms with van der Waals surface area (Å²) >= 11 is 0. The molecule has 1 aromatic carbocycles. The van der Waals surface area contributed by atoms with Gasteiger partial charge in [0.1, 0.15) is 11.6 Å². The molecule has 0 amide bonds. The summed E-state index contributed by atoms with van der Waals surface area (Å²) in [6.07, 6.45) is 1.37. The van der Waals surface area contributed by atoms with Crippen LogP contribution < -0.4 is 5.32 Å². The average molecular weight is 243 g/mol. The molecule has 1 N–H and O–H groups in total. The van der Waals surface area contributed by atoms with Gasteiger partial charge in [0.05, 0.1) is 6.61 Å². The number of halogens is 2. The Morgan fingerprint density at radius 3 is 2.76 bits per heavy atom. The van der Waals surface area contributed by atoms with Crippen LogP contribution in [-0.2, 0) is 11.2 Å². The zero-order valence-electron chi connectivity index (χ0n) is 10.3. The molecule has 4 heteroatoms. The lowest BCUT2D eigenvalue weighted by molar-refractivity contribution is 0.113. The normalized spacial score (nSPS) is 12.7. The highest BCUT2D eigenvalue weighted by molar-refractivity contribution is 5.19. The maximum Gasteiger partial charge on any atom is 0.126 e. The van der Waals surface area contributed by atoms with E-state index in [1.807, 2.05) is 6.92 Å². The molecule has 2 nitrogen and oxygen atoms in total. The SMILES string of the molecule is CCCOCC(Cc1cc(F)ccc1F)NC. The summed E-state index contributed by atoms with van der Waals surface area (Å²) in [5.41, 5.74) is 0.379. The van der Waals surface area contributed by atoms with Gasteiger partial charge < -0.3 is 10.1 Å². The Morgan fingerprint density at radius 1 is 1.35 bits per heavy atom. The van der Waals surface area contributed by atoms with Gasteiger partial charge in [0.15, 0.2) is 0 Å². The van der Waals surface area contributed by atoms with Crippen molar-refractivity contribution >= 4 is 0 Å². The van der Waals surface area contributed by atoms with Crippen LogP contribution in [0.25, 0.3) is 0 Å². The molecule has 1 aromatic rings. The zero-order valence-corrected chi connectivity index (χ0v) is 10.3. The lowest BCUT2D eigenvalue weighted by atomic mass is 10.1. The van der Waals surface area contributed by atoms with Crippen LogP contribution in [0.4, 0.5) is 8.78 Å². The van der Waals surface area contributed by atoms with Crippen LogP contribution in [0.2, 0.25) is 0 Å². The summed E-state index contributed by atoms with van der Waals surface area (Å²) in [7, 11) is 1.79. The van der Waals surface area contributed by atoms with Crippen LogP contribution in [0, 0.1) is 11.6 Å². The number of nitrogens with one attached hydrogen (secondary N) is 1. The third-order valence-electron chi connectivity index (χ3n) is 2.55. The van der Waals surface area contributed by atoms with Crippen LogP contribution in [0.15, 0.2) is 18.2 Å². The molecule has 96 valence electrons. The predicted octanol–water partition coefficient (Wildman–Crippen LogP) is 2.52. The molecule has 1 atom stereocenters. The van der Waals surface area contributed by atoms with Crippen molar-refractivity contribution in [1.82, 2.24) is 5.32 Å². The first-order valence-electron chi connectivity index (χ1n) is 5.86. The molecule has 1 rings (SSSR count). The first kappa shape index (κ1) is 14.1. The summed E-state index contributed by atoms with van der Waals surface area (Å²) in [5.74, 6) is -0.784. The van der Waals surface area contributed by atoms with Gasteiger partial charge in [0.2, 0.25) is 0 Å². The third kappa shape index (κ3) is 4.79. The zero-order chi connectivity index (χ0) is 12.7. The lowest BCUT2D eigenvalue weighted by Crippen LogP contribution is -2.33. The van der Waals surface area contributed by atoms with Gasteiger partial charge >= 0.3 is 0 Å². The molecule has 0 saturated heterocycles. The number of rotatable bonds is 7. The van der Waals surface area contributed by atoms with Gasteiger partial charge in [-0.1, -0.05) is 6.92 Å². The van der Waals surface area contributed by atoms with Gasteiger partial charge in [-0.15, -0.1) is 0 Å². The second-order valence-electron chi connectivity index (χ2n) is 4.00. The molecule has 0 spiro atoms. The first-order chi connectivity index (χ1) is 8.17. The van der Waals surface area contributed by atoms with Crippen LogP contribution >= 0.6 is 0 Å². The summed E-state index contributed by atoms with van der Waals surface area (Å²) in [5, 5.41) is 3.04.